The first-order chi connectivity index (χ1) is 17.5. The van der Waals surface area contributed by atoms with Gasteiger partial charge < -0.3 is 24.4 Å². The highest BCUT2D eigenvalue weighted by Crippen LogP contribution is 2.73. The lowest BCUT2D eigenvalue weighted by molar-refractivity contribution is -0.186. The van der Waals surface area contributed by atoms with Crippen molar-refractivity contribution in [3.05, 3.63) is 11.1 Å². The van der Waals surface area contributed by atoms with Gasteiger partial charge >= 0.3 is 5.97 Å². The van der Waals surface area contributed by atoms with Gasteiger partial charge in [-0.15, -0.1) is 0 Å². The molecule has 1 saturated heterocycles. The molecule has 2 aliphatic heterocycles. The molecular weight excluding hydrogens is 472 g/mol. The van der Waals surface area contributed by atoms with Crippen molar-refractivity contribution in [3.63, 3.8) is 0 Å². The molecule has 2 N–H and O–H groups in total. The van der Waals surface area contributed by atoms with Crippen molar-refractivity contribution < 1.29 is 34.0 Å². The van der Waals surface area contributed by atoms with E-state index in [9.17, 15) is 19.8 Å². The minimum atomic E-state index is -0.785. The Kier molecular flexibility index (Phi) is 6.04. The number of cyclic esters (lactones) is 1. The second-order valence-electron chi connectivity index (χ2n) is 13.4. The van der Waals surface area contributed by atoms with Crippen LogP contribution in [0.3, 0.4) is 0 Å². The van der Waals surface area contributed by atoms with E-state index in [0.29, 0.717) is 36.4 Å². The van der Waals surface area contributed by atoms with Crippen LogP contribution in [-0.4, -0.2) is 65.2 Å². The minimum absolute atomic E-state index is 0.0798. The van der Waals surface area contributed by atoms with Crippen LogP contribution < -0.4 is 0 Å². The van der Waals surface area contributed by atoms with Gasteiger partial charge in [-0.3, -0.25) is 4.79 Å². The Balaban J connectivity index is 1.25. The van der Waals surface area contributed by atoms with Crippen LogP contribution in [0.25, 0.3) is 0 Å². The number of epoxide rings is 1. The molecule has 6 rings (SSSR count). The zero-order valence-electron chi connectivity index (χ0n) is 23.0. The second kappa shape index (κ2) is 8.61. The average Bonchev–Trinajstić information content (AvgIpc) is 3.49. The van der Waals surface area contributed by atoms with E-state index in [0.717, 1.165) is 37.7 Å². The monoisotopic (exact) mass is 516 g/mol. The number of ketones is 1. The van der Waals surface area contributed by atoms with E-state index in [2.05, 4.69) is 20.8 Å². The molecule has 7 heteroatoms. The summed E-state index contributed by atoms with van der Waals surface area (Å²) in [6.45, 7) is 10.8. The van der Waals surface area contributed by atoms with Crippen molar-refractivity contribution in [2.45, 2.75) is 110 Å². The fraction of sp³-hybridized carbons (Fsp3) is 0.867. The predicted octanol–water partition coefficient (Wildman–Crippen LogP) is 3.59. The van der Waals surface area contributed by atoms with Crippen LogP contribution in [0.4, 0.5) is 0 Å². The van der Waals surface area contributed by atoms with Crippen LogP contribution in [0, 0.1) is 40.4 Å². The molecule has 7 nitrogen and oxygen atoms in total. The Morgan fingerprint density at radius 1 is 1.14 bits per heavy atom. The predicted molar refractivity (Wildman–Crippen MR) is 135 cm³/mol. The number of carbonyl (C=O) groups is 2. The lowest BCUT2D eigenvalue weighted by Crippen LogP contribution is -2.68. The van der Waals surface area contributed by atoms with Crippen molar-refractivity contribution in [2.24, 2.45) is 40.4 Å². The molecule has 5 fully saturated rings. The third-order valence-corrected chi connectivity index (χ3v) is 12.4. The standard InChI is InChI=1S/C30H44O7/c1-6-35-23-13-24(32)29(5)21-9-10-28(4)19(16(3)22-11-15(2)18(14-31)27(34)36-22)7-8-20(28)17(21)12-25-30(29,37-25)26(23)33/h16-17,19-23,25-26,31,33H,6-14H2,1-5H3/t16-,17-,19+,20-,21-,22+,23-,25+,26-,28+,29-,30-/m0/s1. The summed E-state index contributed by atoms with van der Waals surface area (Å²) < 4.78 is 18.1. The largest absolute Gasteiger partial charge is 0.458 e. The maximum absolute atomic E-state index is 13.8. The Morgan fingerprint density at radius 2 is 1.89 bits per heavy atom. The number of ether oxygens (including phenoxy) is 3. The maximum atomic E-state index is 13.8. The molecule has 37 heavy (non-hydrogen) atoms. The molecule has 0 amide bonds. The zero-order chi connectivity index (χ0) is 26.5. The lowest BCUT2D eigenvalue weighted by Gasteiger charge is -2.59. The molecule has 6 aliphatic rings. The summed E-state index contributed by atoms with van der Waals surface area (Å²) in [5.41, 5.74) is 0.0274. The molecule has 12 atom stereocenters. The first-order valence-electron chi connectivity index (χ1n) is 14.6. The molecule has 0 unspecified atom stereocenters. The van der Waals surface area contributed by atoms with E-state index >= 15 is 0 Å². The van der Waals surface area contributed by atoms with E-state index in [1.54, 1.807) is 0 Å². The third-order valence-electron chi connectivity index (χ3n) is 12.4. The number of fused-ring (bicyclic) bond motifs is 4. The SMILES string of the molecule is CCO[C@H]1CC(=O)[C@]2(C)[C@H]3CC[C@]4(C)[C@@H]([C@H](C)[C@H]5CC(C)=C(CO)C(=O)O5)CC[C@H]4[C@@H]3C[C@H]3O[C@]32[C@H]1O. The summed E-state index contributed by atoms with van der Waals surface area (Å²) in [4.78, 5) is 26.3. The summed E-state index contributed by atoms with van der Waals surface area (Å²) in [6, 6.07) is 0. The number of rotatable bonds is 5. The van der Waals surface area contributed by atoms with Gasteiger partial charge in [-0.05, 0) is 87.9 Å². The number of esters is 1. The molecule has 0 radical (unpaired) electrons. The van der Waals surface area contributed by atoms with Crippen LogP contribution in [0.1, 0.15) is 79.6 Å². The van der Waals surface area contributed by atoms with Gasteiger partial charge in [0.25, 0.3) is 0 Å². The number of carbonyl (C=O) groups excluding carboxylic acids is 2. The Hall–Kier alpha value is -1.28. The van der Waals surface area contributed by atoms with Crippen molar-refractivity contribution in [3.8, 4) is 0 Å². The highest BCUT2D eigenvalue weighted by Gasteiger charge is 2.82. The fourth-order valence-corrected chi connectivity index (χ4v) is 10.4. The van der Waals surface area contributed by atoms with Crippen molar-refractivity contribution in [2.75, 3.05) is 13.2 Å². The molecule has 206 valence electrons. The number of hydrogen-bond acceptors (Lipinski definition) is 7. The summed E-state index contributed by atoms with van der Waals surface area (Å²) in [7, 11) is 0. The smallest absolute Gasteiger partial charge is 0.336 e. The normalized spacial score (nSPS) is 51.5. The highest BCUT2D eigenvalue weighted by atomic mass is 16.6. The van der Waals surface area contributed by atoms with Gasteiger partial charge in [0, 0.05) is 19.4 Å². The zero-order valence-corrected chi connectivity index (χ0v) is 23.0. The van der Waals surface area contributed by atoms with Crippen LogP contribution in [0.5, 0.6) is 0 Å². The quantitative estimate of drug-likeness (QED) is 0.425. The molecule has 0 aromatic rings. The number of aliphatic hydroxyl groups is 2. The number of Topliss-reactive ketones (excluding diaryl/α,β-unsaturated/α-hetero) is 1. The van der Waals surface area contributed by atoms with Crippen molar-refractivity contribution in [1.82, 2.24) is 0 Å². The molecule has 0 aromatic heterocycles. The summed E-state index contributed by atoms with van der Waals surface area (Å²) in [5.74, 6) is 1.62. The highest BCUT2D eigenvalue weighted by molar-refractivity contribution is 5.90. The molecule has 2 heterocycles. The maximum Gasteiger partial charge on any atom is 0.336 e. The van der Waals surface area contributed by atoms with E-state index in [4.69, 9.17) is 14.2 Å². The second-order valence-corrected chi connectivity index (χ2v) is 13.4. The Bertz CT molecular complexity index is 1020. The van der Waals surface area contributed by atoms with Crippen LogP contribution in [0.2, 0.25) is 0 Å². The fourth-order valence-electron chi connectivity index (χ4n) is 10.4. The van der Waals surface area contributed by atoms with Gasteiger partial charge in [0.1, 0.15) is 23.6 Å². The van der Waals surface area contributed by atoms with Gasteiger partial charge in [-0.25, -0.2) is 4.79 Å². The van der Waals surface area contributed by atoms with Crippen LogP contribution >= 0.6 is 0 Å². The molecule has 0 aromatic carbocycles. The molecule has 0 bridgehead atoms. The third kappa shape index (κ3) is 3.26. The van der Waals surface area contributed by atoms with Crippen LogP contribution in [0.15, 0.2) is 11.1 Å². The van der Waals surface area contributed by atoms with Crippen molar-refractivity contribution in [1.29, 1.82) is 0 Å². The molecule has 4 saturated carbocycles. The first-order valence-corrected chi connectivity index (χ1v) is 14.6. The van der Waals surface area contributed by atoms with E-state index < -0.39 is 23.2 Å². The minimum Gasteiger partial charge on any atom is -0.458 e. The van der Waals surface area contributed by atoms with E-state index in [-0.39, 0.29) is 54.2 Å². The summed E-state index contributed by atoms with van der Waals surface area (Å²) in [6.07, 6.45) is 4.63. The first kappa shape index (κ1) is 26.0. The number of hydrogen-bond donors (Lipinski definition) is 2. The van der Waals surface area contributed by atoms with Gasteiger partial charge in [-0.2, -0.15) is 0 Å². The van der Waals surface area contributed by atoms with E-state index in [1.165, 1.54) is 0 Å². The molecule has 1 spiro atoms. The molecular formula is C30H44O7. The van der Waals surface area contributed by atoms with Gasteiger partial charge in [0.05, 0.1) is 29.8 Å². The topological polar surface area (TPSA) is 106 Å². The average molecular weight is 517 g/mol. The summed E-state index contributed by atoms with van der Waals surface area (Å²) >= 11 is 0. The van der Waals surface area contributed by atoms with Crippen molar-refractivity contribution >= 4 is 11.8 Å². The molecule has 4 aliphatic carbocycles. The van der Waals surface area contributed by atoms with Gasteiger partial charge in [-0.1, -0.05) is 19.4 Å². The Labute approximate surface area is 220 Å². The lowest BCUT2D eigenvalue weighted by atomic mass is 9.43. The Morgan fingerprint density at radius 3 is 2.57 bits per heavy atom. The number of aliphatic hydroxyl groups excluding tert-OH is 2. The van der Waals surface area contributed by atoms with Gasteiger partial charge in [0.15, 0.2) is 0 Å². The summed E-state index contributed by atoms with van der Waals surface area (Å²) in [5, 5.41) is 20.9. The van der Waals surface area contributed by atoms with Gasteiger partial charge in [0.2, 0.25) is 0 Å². The van der Waals surface area contributed by atoms with E-state index in [1.807, 2.05) is 13.8 Å². The van der Waals surface area contributed by atoms with Crippen LogP contribution in [-0.2, 0) is 23.8 Å².